The number of fused-ring (bicyclic) bond motifs is 1. The zero-order valence-corrected chi connectivity index (χ0v) is 13.9. The summed E-state index contributed by atoms with van der Waals surface area (Å²) in [7, 11) is 0. The van der Waals surface area contributed by atoms with Gasteiger partial charge in [0.1, 0.15) is 6.04 Å². The van der Waals surface area contributed by atoms with Crippen molar-refractivity contribution in [1.82, 2.24) is 10.2 Å². The number of carbonyl (C=O) groups excluding carboxylic acids is 2. The highest BCUT2D eigenvalue weighted by atomic mass is 32.1. The molecule has 0 radical (unpaired) electrons. The van der Waals surface area contributed by atoms with Crippen molar-refractivity contribution >= 4 is 23.2 Å². The molecular weight excluding hydrogens is 308 g/mol. The minimum Gasteiger partial charge on any atom is -0.344 e. The van der Waals surface area contributed by atoms with Crippen LogP contribution in [-0.2, 0) is 29.0 Å². The van der Waals surface area contributed by atoms with Crippen molar-refractivity contribution in [3.05, 3.63) is 57.8 Å². The van der Waals surface area contributed by atoms with Crippen molar-refractivity contribution in [2.75, 3.05) is 6.54 Å². The van der Waals surface area contributed by atoms with E-state index in [4.69, 9.17) is 0 Å². The molecule has 0 saturated heterocycles. The van der Waals surface area contributed by atoms with Crippen molar-refractivity contribution in [2.45, 2.75) is 32.4 Å². The first-order valence-corrected chi connectivity index (χ1v) is 8.69. The zero-order chi connectivity index (χ0) is 16.2. The summed E-state index contributed by atoms with van der Waals surface area (Å²) in [6.07, 6.45) is 1.20. The van der Waals surface area contributed by atoms with Crippen molar-refractivity contribution in [3.63, 3.8) is 0 Å². The summed E-state index contributed by atoms with van der Waals surface area (Å²) in [6, 6.07) is 11.6. The molecule has 3 rings (SSSR count). The van der Waals surface area contributed by atoms with Crippen molar-refractivity contribution in [1.29, 1.82) is 0 Å². The van der Waals surface area contributed by atoms with Gasteiger partial charge in [0, 0.05) is 18.0 Å². The van der Waals surface area contributed by atoms with Crippen molar-refractivity contribution in [3.8, 4) is 0 Å². The Morgan fingerprint density at radius 2 is 2.00 bits per heavy atom. The summed E-state index contributed by atoms with van der Waals surface area (Å²) >= 11 is 1.55. The molecule has 1 aromatic carbocycles. The summed E-state index contributed by atoms with van der Waals surface area (Å²) in [5.74, 6) is -0.121. The molecular formula is C18H20N2O2S. The Hall–Kier alpha value is -2.14. The largest absolute Gasteiger partial charge is 0.344 e. The number of thiophene rings is 1. The lowest BCUT2D eigenvalue weighted by atomic mass is 9.99. The minimum atomic E-state index is -0.493. The second-order valence-corrected chi connectivity index (χ2v) is 6.86. The van der Waals surface area contributed by atoms with Crippen LogP contribution in [-0.4, -0.2) is 29.3 Å². The minimum absolute atomic E-state index is 0.0148. The molecule has 1 N–H and O–H groups in total. The molecule has 0 unspecified atom stereocenters. The molecule has 1 atom stereocenters. The van der Waals surface area contributed by atoms with Gasteiger partial charge >= 0.3 is 0 Å². The first kappa shape index (κ1) is 15.7. The van der Waals surface area contributed by atoms with Crippen LogP contribution in [0.5, 0.6) is 0 Å². The predicted molar refractivity (Wildman–Crippen MR) is 91.2 cm³/mol. The monoisotopic (exact) mass is 328 g/mol. The van der Waals surface area contributed by atoms with Crippen molar-refractivity contribution in [2.24, 2.45) is 0 Å². The van der Waals surface area contributed by atoms with Gasteiger partial charge in [-0.1, -0.05) is 30.3 Å². The number of amides is 2. The second-order valence-electron chi connectivity index (χ2n) is 5.82. The van der Waals surface area contributed by atoms with E-state index < -0.39 is 6.04 Å². The maximum absolute atomic E-state index is 12.6. The lowest BCUT2D eigenvalue weighted by Crippen LogP contribution is -2.48. The van der Waals surface area contributed by atoms with Gasteiger partial charge < -0.3 is 10.2 Å². The van der Waals surface area contributed by atoms with Gasteiger partial charge in [-0.2, -0.15) is 0 Å². The molecule has 2 aromatic rings. The normalized spacial score (nSPS) is 14.9. The average molecular weight is 328 g/mol. The van der Waals surface area contributed by atoms with E-state index in [0.717, 1.165) is 11.3 Å². The van der Waals surface area contributed by atoms with Crippen LogP contribution in [0.15, 0.2) is 41.8 Å². The van der Waals surface area contributed by atoms with Crippen LogP contribution >= 0.6 is 11.3 Å². The van der Waals surface area contributed by atoms with Crippen LogP contribution < -0.4 is 5.32 Å². The van der Waals surface area contributed by atoms with E-state index in [0.29, 0.717) is 19.5 Å². The Morgan fingerprint density at radius 1 is 1.22 bits per heavy atom. The Balaban J connectivity index is 1.56. The highest BCUT2D eigenvalue weighted by molar-refractivity contribution is 7.10. The van der Waals surface area contributed by atoms with Gasteiger partial charge in [-0.05, 0) is 35.9 Å². The van der Waals surface area contributed by atoms with Crippen LogP contribution in [0, 0.1) is 0 Å². The fraction of sp³-hybridized carbons (Fsp3) is 0.333. The van der Waals surface area contributed by atoms with E-state index in [-0.39, 0.29) is 11.8 Å². The molecule has 2 amide bonds. The molecule has 23 heavy (non-hydrogen) atoms. The fourth-order valence-corrected chi connectivity index (χ4v) is 3.59. The third-order valence-electron chi connectivity index (χ3n) is 4.11. The van der Waals surface area contributed by atoms with Gasteiger partial charge in [0.15, 0.2) is 0 Å². The Kier molecular flexibility index (Phi) is 4.76. The van der Waals surface area contributed by atoms with Crippen LogP contribution in [0.25, 0.3) is 0 Å². The number of benzene rings is 1. The van der Waals surface area contributed by atoms with Crippen LogP contribution in [0.4, 0.5) is 0 Å². The second kappa shape index (κ2) is 6.96. The molecule has 2 heterocycles. The maximum Gasteiger partial charge on any atom is 0.245 e. The van der Waals surface area contributed by atoms with Crippen molar-refractivity contribution < 1.29 is 9.59 Å². The number of hydrogen-bond donors (Lipinski definition) is 1. The lowest BCUT2D eigenvalue weighted by molar-refractivity contribution is -0.136. The fourth-order valence-electron chi connectivity index (χ4n) is 2.88. The lowest BCUT2D eigenvalue weighted by Gasteiger charge is -2.31. The standard InChI is InChI=1S/C18H20N2O2S/c1-13(19-17(21)11-16-7-4-10-23-16)18(22)20-9-8-14-5-2-3-6-15(14)12-20/h2-7,10,13H,8-9,11-12H2,1H3,(H,19,21)/t13-/m1/s1. The van der Waals surface area contributed by atoms with Crippen LogP contribution in [0.3, 0.4) is 0 Å². The van der Waals surface area contributed by atoms with Gasteiger partial charge in [0.2, 0.25) is 11.8 Å². The molecule has 1 aliphatic heterocycles. The molecule has 120 valence electrons. The van der Waals surface area contributed by atoms with Crippen LogP contribution in [0.2, 0.25) is 0 Å². The summed E-state index contributed by atoms with van der Waals surface area (Å²) in [6.45, 7) is 3.09. The molecule has 0 spiro atoms. The SMILES string of the molecule is C[C@@H](NC(=O)Cc1cccs1)C(=O)N1CCc2ccccc2C1. The van der Waals surface area contributed by atoms with E-state index in [9.17, 15) is 9.59 Å². The van der Waals surface area contributed by atoms with E-state index >= 15 is 0 Å². The molecule has 0 aliphatic carbocycles. The average Bonchev–Trinajstić information content (AvgIpc) is 3.06. The predicted octanol–water partition coefficient (Wildman–Crippen LogP) is 2.38. The molecule has 4 nitrogen and oxygen atoms in total. The molecule has 1 aliphatic rings. The van der Waals surface area contributed by atoms with Gasteiger partial charge in [0.25, 0.3) is 0 Å². The number of hydrogen-bond acceptors (Lipinski definition) is 3. The first-order valence-electron chi connectivity index (χ1n) is 7.81. The topological polar surface area (TPSA) is 49.4 Å². The van der Waals surface area contributed by atoms with E-state index in [1.165, 1.54) is 11.1 Å². The molecule has 5 heteroatoms. The third kappa shape index (κ3) is 3.79. The Labute approximate surface area is 140 Å². The third-order valence-corrected chi connectivity index (χ3v) is 4.98. The van der Waals surface area contributed by atoms with Gasteiger partial charge in [-0.15, -0.1) is 11.3 Å². The molecule has 1 aromatic heterocycles. The number of nitrogens with zero attached hydrogens (tertiary/aromatic N) is 1. The quantitative estimate of drug-likeness (QED) is 0.937. The van der Waals surface area contributed by atoms with E-state index in [2.05, 4.69) is 17.4 Å². The number of nitrogens with one attached hydrogen (secondary N) is 1. The Bertz CT molecular complexity index is 697. The zero-order valence-electron chi connectivity index (χ0n) is 13.1. The summed E-state index contributed by atoms with van der Waals surface area (Å²) < 4.78 is 0. The Morgan fingerprint density at radius 3 is 2.74 bits per heavy atom. The highest BCUT2D eigenvalue weighted by Crippen LogP contribution is 2.19. The molecule has 0 bridgehead atoms. The van der Waals surface area contributed by atoms with Gasteiger partial charge in [-0.3, -0.25) is 9.59 Å². The summed E-state index contributed by atoms with van der Waals surface area (Å²) in [4.78, 5) is 27.4. The summed E-state index contributed by atoms with van der Waals surface area (Å²) in [5.41, 5.74) is 2.51. The molecule has 0 fully saturated rings. The van der Waals surface area contributed by atoms with E-state index in [1.54, 1.807) is 18.3 Å². The first-order chi connectivity index (χ1) is 11.1. The van der Waals surface area contributed by atoms with Gasteiger partial charge in [0.05, 0.1) is 6.42 Å². The maximum atomic E-state index is 12.6. The smallest absolute Gasteiger partial charge is 0.245 e. The van der Waals surface area contributed by atoms with E-state index in [1.807, 2.05) is 34.5 Å². The summed E-state index contributed by atoms with van der Waals surface area (Å²) in [5, 5.41) is 4.76. The number of carbonyl (C=O) groups is 2. The van der Waals surface area contributed by atoms with Crippen LogP contribution in [0.1, 0.15) is 22.9 Å². The molecule has 0 saturated carbocycles. The van der Waals surface area contributed by atoms with Gasteiger partial charge in [-0.25, -0.2) is 0 Å². The highest BCUT2D eigenvalue weighted by Gasteiger charge is 2.25. The number of rotatable bonds is 4.